The number of carbonyl (C=O) groups excluding carboxylic acids is 3. The molecule has 1 aliphatic heterocycles. The summed E-state index contributed by atoms with van der Waals surface area (Å²) < 4.78 is 5.64. The Balaban J connectivity index is 1.50. The van der Waals surface area contributed by atoms with Gasteiger partial charge in [-0.25, -0.2) is 9.69 Å². The maximum atomic E-state index is 12.9. The Morgan fingerprint density at radius 1 is 0.824 bits per heavy atom. The number of hydrogen-bond donors (Lipinski definition) is 1. The van der Waals surface area contributed by atoms with Crippen LogP contribution in [0.3, 0.4) is 0 Å². The number of imide groups is 1. The molecular weight excluding hydrogens is 452 g/mol. The van der Waals surface area contributed by atoms with Gasteiger partial charge in [0.05, 0.1) is 11.3 Å². The summed E-state index contributed by atoms with van der Waals surface area (Å²) in [5.74, 6) is -1.08. The maximum Gasteiger partial charge on any atom is 0.343 e. The fourth-order valence-electron chi connectivity index (χ4n) is 3.61. The zero-order chi connectivity index (χ0) is 24.6. The number of nitrogens with one attached hydrogen (secondary N) is 1. The first-order valence-electron chi connectivity index (χ1n) is 10.7. The maximum absolute atomic E-state index is 12.9. The Bertz CT molecular complexity index is 1340. The first-order valence-corrected chi connectivity index (χ1v) is 11.1. The molecule has 7 heteroatoms. The third-order valence-corrected chi connectivity index (χ3v) is 6.13. The van der Waals surface area contributed by atoms with Crippen LogP contribution in [0.25, 0.3) is 0 Å². The summed E-state index contributed by atoms with van der Waals surface area (Å²) in [7, 11) is 0. The molecule has 0 fully saturated rings. The zero-order valence-electron chi connectivity index (χ0n) is 19.2. The number of anilines is 2. The first kappa shape index (κ1) is 23.3. The normalized spacial score (nSPS) is 13.5. The Labute approximate surface area is 202 Å². The van der Waals surface area contributed by atoms with Crippen molar-refractivity contribution in [1.29, 1.82) is 0 Å². The fraction of sp³-hybridized carbons (Fsp3) is 0.148. The number of ether oxygens (including phenoxy) is 1. The molecule has 6 nitrogen and oxygen atoms in total. The summed E-state index contributed by atoms with van der Waals surface area (Å²) >= 11 is 6.19. The molecule has 2 amide bonds. The van der Waals surface area contributed by atoms with E-state index in [2.05, 4.69) is 5.32 Å². The first-order chi connectivity index (χ1) is 16.2. The summed E-state index contributed by atoms with van der Waals surface area (Å²) in [4.78, 5) is 39.2. The number of esters is 1. The van der Waals surface area contributed by atoms with Gasteiger partial charge in [0.15, 0.2) is 0 Å². The number of rotatable bonds is 5. The van der Waals surface area contributed by atoms with Gasteiger partial charge in [-0.05, 0) is 80.8 Å². The SMILES string of the molecule is Cc1ccc(N2C(=O)C(Cl)=C(Nc3ccc(C(=O)Oc4c(C)ccc(C)c4C)cc3)C2=O)cc1. The quantitative estimate of drug-likeness (QED) is 0.297. The lowest BCUT2D eigenvalue weighted by molar-refractivity contribution is -0.120. The van der Waals surface area contributed by atoms with Crippen LogP contribution in [-0.4, -0.2) is 17.8 Å². The van der Waals surface area contributed by atoms with E-state index in [9.17, 15) is 14.4 Å². The van der Waals surface area contributed by atoms with E-state index in [4.69, 9.17) is 16.3 Å². The summed E-state index contributed by atoms with van der Waals surface area (Å²) in [6.07, 6.45) is 0. The van der Waals surface area contributed by atoms with Gasteiger partial charge in [0.1, 0.15) is 16.5 Å². The molecule has 3 aromatic rings. The molecule has 0 atom stereocenters. The molecule has 0 bridgehead atoms. The van der Waals surface area contributed by atoms with Crippen LogP contribution in [0.2, 0.25) is 0 Å². The number of aryl methyl sites for hydroxylation is 3. The minimum Gasteiger partial charge on any atom is -0.422 e. The van der Waals surface area contributed by atoms with E-state index < -0.39 is 17.8 Å². The molecule has 34 heavy (non-hydrogen) atoms. The second-order valence-electron chi connectivity index (χ2n) is 8.22. The van der Waals surface area contributed by atoms with E-state index >= 15 is 0 Å². The molecule has 0 saturated carbocycles. The van der Waals surface area contributed by atoms with Gasteiger partial charge in [0, 0.05) is 5.69 Å². The number of nitrogens with zero attached hydrogens (tertiary/aromatic N) is 1. The van der Waals surface area contributed by atoms with Gasteiger partial charge in [-0.3, -0.25) is 9.59 Å². The van der Waals surface area contributed by atoms with Crippen molar-refractivity contribution in [2.45, 2.75) is 27.7 Å². The molecule has 1 aliphatic rings. The van der Waals surface area contributed by atoms with Crippen LogP contribution in [0.4, 0.5) is 11.4 Å². The van der Waals surface area contributed by atoms with Crippen LogP contribution in [0.1, 0.15) is 32.6 Å². The van der Waals surface area contributed by atoms with Crippen LogP contribution in [0, 0.1) is 27.7 Å². The number of amides is 2. The lowest BCUT2D eigenvalue weighted by atomic mass is 10.1. The van der Waals surface area contributed by atoms with Crippen LogP contribution in [-0.2, 0) is 9.59 Å². The molecule has 1 heterocycles. The number of hydrogen-bond acceptors (Lipinski definition) is 5. The van der Waals surface area contributed by atoms with Crippen molar-refractivity contribution in [2.24, 2.45) is 0 Å². The van der Waals surface area contributed by atoms with Crippen molar-refractivity contribution in [3.63, 3.8) is 0 Å². The minimum atomic E-state index is -0.595. The van der Waals surface area contributed by atoms with Crippen molar-refractivity contribution < 1.29 is 19.1 Å². The second-order valence-corrected chi connectivity index (χ2v) is 8.59. The molecule has 0 aliphatic carbocycles. The van der Waals surface area contributed by atoms with Gasteiger partial charge in [-0.1, -0.05) is 41.4 Å². The largest absolute Gasteiger partial charge is 0.422 e. The Morgan fingerprint density at radius 3 is 2.09 bits per heavy atom. The molecule has 4 rings (SSSR count). The molecular formula is C27H23ClN2O4. The smallest absolute Gasteiger partial charge is 0.343 e. The molecule has 1 N–H and O–H groups in total. The zero-order valence-corrected chi connectivity index (χ0v) is 20.0. The standard InChI is InChI=1S/C27H23ClN2O4/c1-15-5-13-21(14-6-15)30-25(31)22(28)23(26(30)32)29-20-11-9-19(10-12-20)27(33)34-24-17(3)8-7-16(2)18(24)4/h5-14,29H,1-4H3. The van der Waals surface area contributed by atoms with Crippen LogP contribution in [0.15, 0.2) is 71.4 Å². The summed E-state index contributed by atoms with van der Waals surface area (Å²) in [5.41, 5.74) is 5.10. The Kier molecular flexibility index (Phi) is 6.26. The van der Waals surface area contributed by atoms with Crippen molar-refractivity contribution in [2.75, 3.05) is 10.2 Å². The van der Waals surface area contributed by atoms with Crippen LogP contribution >= 0.6 is 11.6 Å². The number of benzene rings is 3. The van der Waals surface area contributed by atoms with Crippen molar-refractivity contribution in [1.82, 2.24) is 0 Å². The number of halogens is 1. The highest BCUT2D eigenvalue weighted by atomic mass is 35.5. The Hall–Kier alpha value is -3.90. The lowest BCUT2D eigenvalue weighted by Crippen LogP contribution is -2.32. The summed E-state index contributed by atoms with van der Waals surface area (Å²) in [6.45, 7) is 7.67. The van der Waals surface area contributed by atoms with Gasteiger partial charge in [-0.2, -0.15) is 0 Å². The van der Waals surface area contributed by atoms with Crippen LogP contribution in [0.5, 0.6) is 5.75 Å². The predicted octanol–water partition coefficient (Wildman–Crippen LogP) is 5.58. The average molecular weight is 475 g/mol. The molecule has 0 radical (unpaired) electrons. The third kappa shape index (κ3) is 4.32. The highest BCUT2D eigenvalue weighted by molar-refractivity contribution is 6.53. The summed E-state index contributed by atoms with van der Waals surface area (Å²) in [6, 6.07) is 17.3. The van der Waals surface area contributed by atoms with Crippen LogP contribution < -0.4 is 15.0 Å². The highest BCUT2D eigenvalue weighted by Crippen LogP contribution is 2.31. The van der Waals surface area contributed by atoms with Gasteiger partial charge >= 0.3 is 5.97 Å². The van der Waals surface area contributed by atoms with Gasteiger partial charge in [-0.15, -0.1) is 0 Å². The molecule has 0 spiro atoms. The number of carbonyl (C=O) groups is 3. The third-order valence-electron chi connectivity index (χ3n) is 5.78. The molecule has 172 valence electrons. The van der Waals surface area contributed by atoms with Crippen molar-refractivity contribution in [3.8, 4) is 5.75 Å². The topological polar surface area (TPSA) is 75.7 Å². The van der Waals surface area contributed by atoms with E-state index in [1.807, 2.05) is 52.0 Å². The predicted molar refractivity (Wildman–Crippen MR) is 132 cm³/mol. The van der Waals surface area contributed by atoms with E-state index in [1.54, 1.807) is 36.4 Å². The average Bonchev–Trinajstić information content (AvgIpc) is 3.03. The van der Waals surface area contributed by atoms with Crippen molar-refractivity contribution >= 4 is 40.8 Å². The molecule has 3 aromatic carbocycles. The van der Waals surface area contributed by atoms with E-state index in [0.29, 0.717) is 22.7 Å². The van der Waals surface area contributed by atoms with E-state index in [1.165, 1.54) is 0 Å². The van der Waals surface area contributed by atoms with Gasteiger partial charge in [0.25, 0.3) is 11.8 Å². The highest BCUT2D eigenvalue weighted by Gasteiger charge is 2.38. The van der Waals surface area contributed by atoms with Gasteiger partial charge in [0.2, 0.25) is 0 Å². The second kappa shape index (κ2) is 9.15. The Morgan fingerprint density at radius 2 is 1.44 bits per heavy atom. The van der Waals surface area contributed by atoms with Gasteiger partial charge < -0.3 is 10.1 Å². The van der Waals surface area contributed by atoms with E-state index in [0.717, 1.165) is 27.2 Å². The van der Waals surface area contributed by atoms with E-state index in [-0.39, 0.29) is 10.7 Å². The van der Waals surface area contributed by atoms with Crippen molar-refractivity contribution in [3.05, 3.63) is 99.2 Å². The lowest BCUT2D eigenvalue weighted by Gasteiger charge is -2.15. The summed E-state index contributed by atoms with van der Waals surface area (Å²) in [5, 5.41) is 2.71. The molecule has 0 saturated heterocycles. The fourth-order valence-corrected chi connectivity index (χ4v) is 3.82. The minimum absolute atomic E-state index is 0.0198. The molecule has 0 aromatic heterocycles. The monoisotopic (exact) mass is 474 g/mol. The molecule has 0 unspecified atom stereocenters.